The summed E-state index contributed by atoms with van der Waals surface area (Å²) in [5.74, 6) is -0.308. The van der Waals surface area contributed by atoms with Gasteiger partial charge in [-0.05, 0) is 18.1 Å². The molecule has 1 atom stereocenters. The molecule has 3 heteroatoms. The summed E-state index contributed by atoms with van der Waals surface area (Å²) in [5, 5.41) is 0. The van der Waals surface area contributed by atoms with Crippen LogP contribution < -0.4 is 0 Å². The van der Waals surface area contributed by atoms with Gasteiger partial charge < -0.3 is 9.47 Å². The standard InChI is InChI=1S/C18H20O3/c1-2-20-18(19)17(13-15-9-5-3-6-10-15)21-14-16-11-7-4-8-12-16/h3-12,17H,2,13-14H2,1H3. The number of benzene rings is 2. The van der Waals surface area contributed by atoms with Crippen LogP contribution in [0.4, 0.5) is 0 Å². The zero-order valence-electron chi connectivity index (χ0n) is 12.2. The summed E-state index contributed by atoms with van der Waals surface area (Å²) in [6.07, 6.45) is -0.0560. The third kappa shape index (κ3) is 5.04. The minimum Gasteiger partial charge on any atom is -0.464 e. The van der Waals surface area contributed by atoms with Gasteiger partial charge in [-0.1, -0.05) is 60.7 Å². The predicted octanol–water partition coefficient (Wildman–Crippen LogP) is 3.38. The van der Waals surface area contributed by atoms with Crippen LogP contribution in [0.2, 0.25) is 0 Å². The Labute approximate surface area is 125 Å². The van der Waals surface area contributed by atoms with Crippen molar-refractivity contribution in [1.29, 1.82) is 0 Å². The van der Waals surface area contributed by atoms with Gasteiger partial charge in [0.15, 0.2) is 6.10 Å². The van der Waals surface area contributed by atoms with Gasteiger partial charge >= 0.3 is 5.97 Å². The summed E-state index contributed by atoms with van der Waals surface area (Å²) in [6, 6.07) is 19.6. The number of carbonyl (C=O) groups is 1. The van der Waals surface area contributed by atoms with Crippen LogP contribution in [0.15, 0.2) is 60.7 Å². The van der Waals surface area contributed by atoms with Crippen molar-refractivity contribution in [2.45, 2.75) is 26.1 Å². The molecule has 0 amide bonds. The summed E-state index contributed by atoms with van der Waals surface area (Å²) in [6.45, 7) is 2.56. The summed E-state index contributed by atoms with van der Waals surface area (Å²) in [5.41, 5.74) is 2.10. The molecule has 0 saturated heterocycles. The number of rotatable bonds is 7. The molecular weight excluding hydrogens is 264 g/mol. The molecule has 21 heavy (non-hydrogen) atoms. The molecule has 0 bridgehead atoms. The fraction of sp³-hybridized carbons (Fsp3) is 0.278. The van der Waals surface area contributed by atoms with Crippen LogP contribution in [0.5, 0.6) is 0 Å². The van der Waals surface area contributed by atoms with Crippen LogP contribution >= 0.6 is 0 Å². The average molecular weight is 284 g/mol. The van der Waals surface area contributed by atoms with Gasteiger partial charge in [-0.2, -0.15) is 0 Å². The van der Waals surface area contributed by atoms with Crippen LogP contribution in [-0.2, 0) is 27.3 Å². The van der Waals surface area contributed by atoms with E-state index in [1.807, 2.05) is 60.7 Å². The molecule has 0 aliphatic carbocycles. The van der Waals surface area contributed by atoms with E-state index >= 15 is 0 Å². The van der Waals surface area contributed by atoms with E-state index in [0.717, 1.165) is 11.1 Å². The lowest BCUT2D eigenvalue weighted by atomic mass is 10.1. The second kappa shape index (κ2) is 8.22. The summed E-state index contributed by atoms with van der Waals surface area (Å²) < 4.78 is 10.9. The lowest BCUT2D eigenvalue weighted by molar-refractivity contribution is -0.157. The highest BCUT2D eigenvalue weighted by atomic mass is 16.6. The number of carbonyl (C=O) groups excluding carboxylic acids is 1. The highest BCUT2D eigenvalue weighted by Gasteiger charge is 2.21. The van der Waals surface area contributed by atoms with E-state index in [1.54, 1.807) is 6.92 Å². The quantitative estimate of drug-likeness (QED) is 0.731. The first-order chi connectivity index (χ1) is 10.3. The van der Waals surface area contributed by atoms with Gasteiger partial charge in [-0.3, -0.25) is 0 Å². The lowest BCUT2D eigenvalue weighted by Crippen LogP contribution is -2.28. The SMILES string of the molecule is CCOC(=O)C(Cc1ccccc1)OCc1ccccc1. The summed E-state index contributed by atoms with van der Waals surface area (Å²) in [4.78, 5) is 12.0. The molecule has 3 nitrogen and oxygen atoms in total. The van der Waals surface area contributed by atoms with Gasteiger partial charge in [0.2, 0.25) is 0 Å². The van der Waals surface area contributed by atoms with Gasteiger partial charge in [0.05, 0.1) is 13.2 Å². The van der Waals surface area contributed by atoms with Gasteiger partial charge in [0.25, 0.3) is 0 Å². The second-order valence-corrected chi connectivity index (χ2v) is 4.73. The molecule has 0 N–H and O–H groups in total. The Bertz CT molecular complexity index is 537. The van der Waals surface area contributed by atoms with Crippen LogP contribution in [-0.4, -0.2) is 18.7 Å². The maximum Gasteiger partial charge on any atom is 0.335 e. The van der Waals surface area contributed by atoms with Gasteiger partial charge in [0.1, 0.15) is 0 Å². The van der Waals surface area contributed by atoms with E-state index in [0.29, 0.717) is 19.6 Å². The van der Waals surface area contributed by atoms with Crippen molar-refractivity contribution in [3.8, 4) is 0 Å². The van der Waals surface area contributed by atoms with Crippen molar-refractivity contribution in [3.63, 3.8) is 0 Å². The Balaban J connectivity index is 2.00. The van der Waals surface area contributed by atoms with Crippen molar-refractivity contribution in [2.75, 3.05) is 6.61 Å². The van der Waals surface area contributed by atoms with Crippen molar-refractivity contribution in [3.05, 3.63) is 71.8 Å². The van der Waals surface area contributed by atoms with E-state index in [9.17, 15) is 4.79 Å². The highest BCUT2D eigenvalue weighted by molar-refractivity contribution is 5.75. The van der Waals surface area contributed by atoms with Crippen LogP contribution in [0.3, 0.4) is 0 Å². The topological polar surface area (TPSA) is 35.5 Å². The number of ether oxygens (including phenoxy) is 2. The van der Waals surface area contributed by atoms with Gasteiger partial charge in [-0.15, -0.1) is 0 Å². The third-order valence-corrected chi connectivity index (χ3v) is 3.11. The molecule has 0 fully saturated rings. The largest absolute Gasteiger partial charge is 0.464 e. The van der Waals surface area contributed by atoms with Gasteiger partial charge in [-0.25, -0.2) is 4.79 Å². The normalized spacial score (nSPS) is 11.9. The minimum atomic E-state index is -0.576. The first kappa shape index (κ1) is 15.3. The van der Waals surface area contributed by atoms with E-state index in [1.165, 1.54) is 0 Å². The molecule has 0 heterocycles. The molecule has 0 radical (unpaired) electrons. The monoisotopic (exact) mass is 284 g/mol. The van der Waals surface area contributed by atoms with Crippen LogP contribution in [0.1, 0.15) is 18.1 Å². The zero-order valence-corrected chi connectivity index (χ0v) is 12.2. The highest BCUT2D eigenvalue weighted by Crippen LogP contribution is 2.11. The molecule has 2 rings (SSSR count). The van der Waals surface area contributed by atoms with E-state index < -0.39 is 6.10 Å². The Kier molecular flexibility index (Phi) is 5.98. The second-order valence-electron chi connectivity index (χ2n) is 4.73. The molecule has 0 aliphatic heterocycles. The predicted molar refractivity (Wildman–Crippen MR) is 81.8 cm³/mol. The third-order valence-electron chi connectivity index (χ3n) is 3.11. The first-order valence-corrected chi connectivity index (χ1v) is 7.15. The van der Waals surface area contributed by atoms with Crippen molar-refractivity contribution in [1.82, 2.24) is 0 Å². The van der Waals surface area contributed by atoms with Crippen molar-refractivity contribution in [2.24, 2.45) is 0 Å². The lowest BCUT2D eigenvalue weighted by Gasteiger charge is -2.16. The van der Waals surface area contributed by atoms with Crippen LogP contribution in [0.25, 0.3) is 0 Å². The molecule has 0 aromatic heterocycles. The molecule has 110 valence electrons. The smallest absolute Gasteiger partial charge is 0.335 e. The van der Waals surface area contributed by atoms with Crippen molar-refractivity contribution >= 4 is 5.97 Å². The Morgan fingerprint density at radius 1 is 0.952 bits per heavy atom. The summed E-state index contributed by atoms with van der Waals surface area (Å²) in [7, 11) is 0. The average Bonchev–Trinajstić information content (AvgIpc) is 2.53. The maximum absolute atomic E-state index is 12.0. The molecule has 2 aromatic rings. The van der Waals surface area contributed by atoms with E-state index in [2.05, 4.69) is 0 Å². The van der Waals surface area contributed by atoms with E-state index in [-0.39, 0.29) is 5.97 Å². The Morgan fingerprint density at radius 3 is 2.10 bits per heavy atom. The van der Waals surface area contributed by atoms with Crippen molar-refractivity contribution < 1.29 is 14.3 Å². The number of hydrogen-bond acceptors (Lipinski definition) is 3. The molecule has 1 unspecified atom stereocenters. The molecule has 0 aliphatic rings. The summed E-state index contributed by atoms with van der Waals surface area (Å²) >= 11 is 0. The molecule has 0 spiro atoms. The van der Waals surface area contributed by atoms with E-state index in [4.69, 9.17) is 9.47 Å². The fourth-order valence-electron chi connectivity index (χ4n) is 2.04. The molecular formula is C18H20O3. The molecule has 0 saturated carbocycles. The fourth-order valence-corrected chi connectivity index (χ4v) is 2.04. The first-order valence-electron chi connectivity index (χ1n) is 7.15. The maximum atomic E-state index is 12.0. The Hall–Kier alpha value is -2.13. The van der Waals surface area contributed by atoms with Crippen LogP contribution in [0, 0.1) is 0 Å². The number of hydrogen-bond donors (Lipinski definition) is 0. The minimum absolute atomic E-state index is 0.308. The molecule has 2 aromatic carbocycles. The number of esters is 1. The van der Waals surface area contributed by atoms with Gasteiger partial charge in [0, 0.05) is 6.42 Å². The Morgan fingerprint density at radius 2 is 1.52 bits per heavy atom. The zero-order chi connectivity index (χ0) is 14.9.